The standard InChI is InChI=1S/C19H19N3O3/c23-17-12-21(13-22(17)15-8-9-15)19(25)16-7-4-10-20(18(16)24)11-14-5-2-1-3-6-14/h1-7,10,15H,8-9,11-13H2. The van der Waals surface area contributed by atoms with Crippen LogP contribution in [-0.4, -0.2) is 45.4 Å². The first-order chi connectivity index (χ1) is 12.1. The molecule has 6 heteroatoms. The van der Waals surface area contributed by atoms with Gasteiger partial charge in [-0.2, -0.15) is 0 Å². The first-order valence-corrected chi connectivity index (χ1v) is 8.45. The van der Waals surface area contributed by atoms with E-state index in [2.05, 4.69) is 0 Å². The van der Waals surface area contributed by atoms with Crippen molar-refractivity contribution in [3.05, 3.63) is 70.1 Å². The molecule has 0 radical (unpaired) electrons. The summed E-state index contributed by atoms with van der Waals surface area (Å²) in [7, 11) is 0. The van der Waals surface area contributed by atoms with Crippen molar-refractivity contribution in [1.29, 1.82) is 0 Å². The number of carbonyl (C=O) groups is 2. The van der Waals surface area contributed by atoms with Gasteiger partial charge >= 0.3 is 0 Å². The quantitative estimate of drug-likeness (QED) is 0.845. The van der Waals surface area contributed by atoms with Gasteiger partial charge in [0, 0.05) is 12.2 Å². The minimum Gasteiger partial charge on any atom is -0.320 e. The van der Waals surface area contributed by atoms with Crippen LogP contribution in [0.2, 0.25) is 0 Å². The molecule has 1 aromatic heterocycles. The largest absolute Gasteiger partial charge is 0.320 e. The number of carbonyl (C=O) groups excluding carboxylic acids is 2. The van der Waals surface area contributed by atoms with Crippen LogP contribution in [0.4, 0.5) is 0 Å². The number of pyridine rings is 1. The molecule has 2 aromatic rings. The maximum Gasteiger partial charge on any atom is 0.263 e. The second-order valence-electron chi connectivity index (χ2n) is 6.58. The number of rotatable bonds is 4. The van der Waals surface area contributed by atoms with E-state index in [0.29, 0.717) is 6.54 Å². The number of hydrogen-bond donors (Lipinski definition) is 0. The van der Waals surface area contributed by atoms with Crippen LogP contribution in [0.15, 0.2) is 53.5 Å². The van der Waals surface area contributed by atoms with Crippen LogP contribution in [0.25, 0.3) is 0 Å². The van der Waals surface area contributed by atoms with Gasteiger partial charge < -0.3 is 14.4 Å². The van der Waals surface area contributed by atoms with Crippen LogP contribution in [0, 0.1) is 0 Å². The molecule has 2 amide bonds. The highest BCUT2D eigenvalue weighted by atomic mass is 16.2. The van der Waals surface area contributed by atoms with Crippen molar-refractivity contribution in [2.24, 2.45) is 0 Å². The predicted octanol–water partition coefficient (Wildman–Crippen LogP) is 1.30. The normalized spacial score (nSPS) is 17.2. The highest BCUT2D eigenvalue weighted by molar-refractivity contribution is 5.97. The third-order valence-corrected chi connectivity index (χ3v) is 4.69. The van der Waals surface area contributed by atoms with Crippen molar-refractivity contribution >= 4 is 11.8 Å². The molecular formula is C19H19N3O3. The van der Waals surface area contributed by atoms with E-state index >= 15 is 0 Å². The fourth-order valence-corrected chi connectivity index (χ4v) is 3.18. The number of aromatic nitrogens is 1. The molecule has 0 spiro atoms. The summed E-state index contributed by atoms with van der Waals surface area (Å²) >= 11 is 0. The average Bonchev–Trinajstić information content (AvgIpc) is 3.39. The molecule has 128 valence electrons. The lowest BCUT2D eigenvalue weighted by Crippen LogP contribution is -2.36. The smallest absolute Gasteiger partial charge is 0.263 e. The Kier molecular flexibility index (Phi) is 3.87. The van der Waals surface area contributed by atoms with E-state index in [-0.39, 0.29) is 42.2 Å². The second-order valence-corrected chi connectivity index (χ2v) is 6.58. The van der Waals surface area contributed by atoms with E-state index in [4.69, 9.17) is 0 Å². The van der Waals surface area contributed by atoms with Gasteiger partial charge in [0.1, 0.15) is 12.1 Å². The van der Waals surface area contributed by atoms with Gasteiger partial charge in [-0.25, -0.2) is 0 Å². The van der Waals surface area contributed by atoms with E-state index in [1.807, 2.05) is 30.3 Å². The van der Waals surface area contributed by atoms with Crippen LogP contribution in [0.5, 0.6) is 0 Å². The minimum absolute atomic E-state index is 0.0311. The van der Waals surface area contributed by atoms with Crippen LogP contribution in [-0.2, 0) is 11.3 Å². The molecular weight excluding hydrogens is 318 g/mol. The summed E-state index contributed by atoms with van der Waals surface area (Å²) in [4.78, 5) is 40.7. The Morgan fingerprint density at radius 1 is 1.04 bits per heavy atom. The van der Waals surface area contributed by atoms with Crippen LogP contribution >= 0.6 is 0 Å². The van der Waals surface area contributed by atoms with E-state index in [0.717, 1.165) is 18.4 Å². The van der Waals surface area contributed by atoms with Crippen molar-refractivity contribution in [3.8, 4) is 0 Å². The van der Waals surface area contributed by atoms with Gasteiger partial charge in [-0.05, 0) is 30.5 Å². The Morgan fingerprint density at radius 2 is 1.80 bits per heavy atom. The minimum atomic E-state index is -0.371. The molecule has 25 heavy (non-hydrogen) atoms. The molecule has 0 unspecified atom stereocenters. The first-order valence-electron chi connectivity index (χ1n) is 8.45. The Balaban J connectivity index is 1.56. The van der Waals surface area contributed by atoms with Crippen molar-refractivity contribution in [2.45, 2.75) is 25.4 Å². The highest BCUT2D eigenvalue weighted by Crippen LogP contribution is 2.29. The molecule has 0 N–H and O–H groups in total. The van der Waals surface area contributed by atoms with Crippen LogP contribution in [0.1, 0.15) is 28.8 Å². The molecule has 2 aliphatic rings. The maximum atomic E-state index is 12.7. The molecule has 1 saturated carbocycles. The summed E-state index contributed by atoms with van der Waals surface area (Å²) in [6.07, 6.45) is 3.68. The number of amides is 2. The monoisotopic (exact) mass is 337 g/mol. The van der Waals surface area contributed by atoms with Crippen molar-refractivity contribution in [1.82, 2.24) is 14.4 Å². The molecule has 1 aliphatic heterocycles. The third kappa shape index (κ3) is 3.07. The lowest BCUT2D eigenvalue weighted by Gasteiger charge is -2.17. The Hall–Kier alpha value is -2.89. The van der Waals surface area contributed by atoms with Crippen molar-refractivity contribution < 1.29 is 9.59 Å². The van der Waals surface area contributed by atoms with E-state index in [9.17, 15) is 14.4 Å². The first kappa shape index (κ1) is 15.6. The zero-order valence-corrected chi connectivity index (χ0v) is 13.8. The maximum absolute atomic E-state index is 12.7. The molecule has 2 heterocycles. The Labute approximate surface area is 145 Å². The molecule has 1 aliphatic carbocycles. The van der Waals surface area contributed by atoms with E-state index < -0.39 is 0 Å². The summed E-state index contributed by atoms with van der Waals surface area (Å²) in [5, 5.41) is 0. The predicted molar refractivity (Wildman–Crippen MR) is 92.0 cm³/mol. The summed E-state index contributed by atoms with van der Waals surface area (Å²) in [6, 6.07) is 13.1. The Morgan fingerprint density at radius 3 is 2.52 bits per heavy atom. The van der Waals surface area contributed by atoms with Gasteiger partial charge in [0.2, 0.25) is 5.91 Å². The molecule has 4 rings (SSSR count). The molecule has 6 nitrogen and oxygen atoms in total. The highest BCUT2D eigenvalue weighted by Gasteiger charge is 2.40. The van der Waals surface area contributed by atoms with Gasteiger partial charge in [0.05, 0.1) is 13.2 Å². The zero-order valence-electron chi connectivity index (χ0n) is 13.8. The van der Waals surface area contributed by atoms with E-state index in [1.54, 1.807) is 17.2 Å². The number of nitrogens with zero attached hydrogens (tertiary/aromatic N) is 3. The number of benzene rings is 1. The zero-order chi connectivity index (χ0) is 17.4. The summed E-state index contributed by atoms with van der Waals surface area (Å²) in [5.74, 6) is -0.402. The number of hydrogen-bond acceptors (Lipinski definition) is 3. The summed E-state index contributed by atoms with van der Waals surface area (Å²) < 4.78 is 1.53. The fraction of sp³-hybridized carbons (Fsp3) is 0.316. The van der Waals surface area contributed by atoms with Gasteiger partial charge in [-0.15, -0.1) is 0 Å². The van der Waals surface area contributed by atoms with Crippen molar-refractivity contribution in [2.75, 3.05) is 13.2 Å². The van der Waals surface area contributed by atoms with Crippen LogP contribution < -0.4 is 5.56 Å². The molecule has 0 bridgehead atoms. The van der Waals surface area contributed by atoms with Gasteiger partial charge in [-0.1, -0.05) is 30.3 Å². The molecule has 1 saturated heterocycles. The molecule has 2 fully saturated rings. The molecule has 0 atom stereocenters. The lowest BCUT2D eigenvalue weighted by molar-refractivity contribution is -0.127. The van der Waals surface area contributed by atoms with E-state index in [1.165, 1.54) is 15.5 Å². The van der Waals surface area contributed by atoms with Gasteiger partial charge in [0.25, 0.3) is 11.5 Å². The summed E-state index contributed by atoms with van der Waals surface area (Å²) in [6.45, 7) is 0.756. The topological polar surface area (TPSA) is 62.6 Å². The van der Waals surface area contributed by atoms with Gasteiger partial charge in [-0.3, -0.25) is 14.4 Å². The Bertz CT molecular complexity index is 871. The SMILES string of the molecule is O=C(c1cccn(Cc2ccccc2)c1=O)N1CC(=O)N(C2CC2)C1. The van der Waals surface area contributed by atoms with Gasteiger partial charge in [0.15, 0.2) is 0 Å². The summed E-state index contributed by atoms with van der Waals surface area (Å²) in [5.41, 5.74) is 0.781. The average molecular weight is 337 g/mol. The molecule has 1 aromatic carbocycles. The fourth-order valence-electron chi connectivity index (χ4n) is 3.18. The van der Waals surface area contributed by atoms with Crippen molar-refractivity contribution in [3.63, 3.8) is 0 Å². The van der Waals surface area contributed by atoms with Crippen LogP contribution in [0.3, 0.4) is 0 Å². The second kappa shape index (κ2) is 6.20. The lowest BCUT2D eigenvalue weighted by atomic mass is 10.2. The third-order valence-electron chi connectivity index (χ3n) is 4.69.